The Balaban J connectivity index is 2.38. The van der Waals surface area contributed by atoms with Crippen molar-refractivity contribution in [3.8, 4) is 0 Å². The topological polar surface area (TPSA) is 68.9 Å². The van der Waals surface area contributed by atoms with Gasteiger partial charge in [0, 0.05) is 0 Å². The predicted octanol–water partition coefficient (Wildman–Crippen LogP) is 3.25. The Morgan fingerprint density at radius 1 is 1.56 bits per heavy atom. The number of halogens is 1. The number of hydrogen-bond acceptors (Lipinski definition) is 6. The highest BCUT2D eigenvalue weighted by atomic mass is 35.5. The summed E-state index contributed by atoms with van der Waals surface area (Å²) in [7, 11) is 0. The molecule has 2 aromatic rings. The average Bonchev–Trinajstić information content (AvgIpc) is 2.70. The lowest BCUT2D eigenvalue weighted by Crippen LogP contribution is -1.95. The first-order valence-electron chi connectivity index (χ1n) is 4.05. The fourth-order valence-corrected chi connectivity index (χ4v) is 2.89. The summed E-state index contributed by atoms with van der Waals surface area (Å²) < 4.78 is 0.915. The molecule has 0 N–H and O–H groups in total. The monoisotopic (exact) mass is 273 g/mol. The lowest BCUT2D eigenvalue weighted by molar-refractivity contribution is -0.388. The summed E-state index contributed by atoms with van der Waals surface area (Å²) in [6.45, 7) is 0. The number of hydrogen-bond donors (Lipinski definition) is 0. The molecule has 0 atom stereocenters. The van der Waals surface area contributed by atoms with Gasteiger partial charge in [-0.05, 0) is 23.0 Å². The van der Waals surface area contributed by atoms with Crippen LogP contribution in [0.2, 0.25) is 5.28 Å². The Kier molecular flexibility index (Phi) is 3.37. The fourth-order valence-electron chi connectivity index (χ4n) is 0.957. The zero-order chi connectivity index (χ0) is 11.5. The molecular weight excluding hydrogens is 270 g/mol. The summed E-state index contributed by atoms with van der Waals surface area (Å²) in [6.07, 6.45) is 1.12. The van der Waals surface area contributed by atoms with E-state index in [9.17, 15) is 10.1 Å². The van der Waals surface area contributed by atoms with Gasteiger partial charge in [-0.25, -0.2) is 9.97 Å². The van der Waals surface area contributed by atoms with E-state index < -0.39 is 4.92 Å². The van der Waals surface area contributed by atoms with Gasteiger partial charge < -0.3 is 0 Å². The van der Waals surface area contributed by atoms with E-state index in [1.54, 1.807) is 0 Å². The molecule has 0 aromatic carbocycles. The molecule has 0 unspecified atom stereocenters. The number of rotatable bonds is 3. The maximum atomic E-state index is 10.7. The van der Waals surface area contributed by atoms with Crippen LogP contribution in [0.5, 0.6) is 0 Å². The van der Waals surface area contributed by atoms with E-state index in [-0.39, 0.29) is 16.0 Å². The molecule has 82 valence electrons. The van der Waals surface area contributed by atoms with Crippen LogP contribution in [-0.4, -0.2) is 14.9 Å². The molecule has 2 rings (SSSR count). The summed E-state index contributed by atoms with van der Waals surface area (Å²) in [6, 6.07) is 3.72. The molecule has 0 spiro atoms. The third-order valence-corrected chi connectivity index (χ3v) is 3.81. The van der Waals surface area contributed by atoms with Gasteiger partial charge in [0.2, 0.25) is 5.28 Å². The third kappa shape index (κ3) is 2.49. The van der Waals surface area contributed by atoms with Gasteiger partial charge in [0.25, 0.3) is 0 Å². The maximum absolute atomic E-state index is 10.7. The van der Waals surface area contributed by atoms with E-state index in [1.165, 1.54) is 23.1 Å². The van der Waals surface area contributed by atoms with Crippen molar-refractivity contribution >= 4 is 40.4 Å². The van der Waals surface area contributed by atoms with Crippen molar-refractivity contribution < 1.29 is 4.92 Å². The quantitative estimate of drug-likeness (QED) is 0.372. The van der Waals surface area contributed by atoms with Gasteiger partial charge in [-0.2, -0.15) is 0 Å². The first kappa shape index (κ1) is 11.3. The average molecular weight is 274 g/mol. The largest absolute Gasteiger partial charge is 0.319 e. The van der Waals surface area contributed by atoms with Crippen LogP contribution in [0.3, 0.4) is 0 Å². The van der Waals surface area contributed by atoms with Gasteiger partial charge in [0.1, 0.15) is 6.20 Å². The van der Waals surface area contributed by atoms with Crippen LogP contribution in [0.4, 0.5) is 5.69 Å². The smallest absolute Gasteiger partial charge is 0.258 e. The Hall–Kier alpha value is -1.18. The minimum Gasteiger partial charge on any atom is -0.258 e. The Labute approximate surface area is 104 Å². The molecule has 8 heteroatoms. The molecule has 5 nitrogen and oxygen atoms in total. The van der Waals surface area contributed by atoms with Gasteiger partial charge in [-0.1, -0.05) is 17.8 Å². The lowest BCUT2D eigenvalue weighted by Gasteiger charge is -1.99. The van der Waals surface area contributed by atoms with E-state index in [0.717, 1.165) is 10.4 Å². The van der Waals surface area contributed by atoms with E-state index in [0.29, 0.717) is 0 Å². The van der Waals surface area contributed by atoms with Crippen molar-refractivity contribution in [3.63, 3.8) is 0 Å². The second kappa shape index (κ2) is 4.77. The predicted molar refractivity (Wildman–Crippen MR) is 62.1 cm³/mol. The number of nitro groups is 1. The van der Waals surface area contributed by atoms with Crippen LogP contribution in [0.25, 0.3) is 0 Å². The fraction of sp³-hybridized carbons (Fsp3) is 0. The molecule has 0 amide bonds. The Morgan fingerprint density at radius 2 is 2.38 bits per heavy atom. The molecule has 0 radical (unpaired) electrons. The third-order valence-electron chi connectivity index (χ3n) is 1.60. The molecule has 0 bridgehead atoms. The summed E-state index contributed by atoms with van der Waals surface area (Å²) in [5.41, 5.74) is -0.136. The zero-order valence-electron chi connectivity index (χ0n) is 7.66. The molecule has 0 aliphatic heterocycles. The molecule has 0 aliphatic rings. The van der Waals surface area contributed by atoms with Gasteiger partial charge in [-0.3, -0.25) is 10.1 Å². The Morgan fingerprint density at radius 3 is 3.00 bits per heavy atom. The van der Waals surface area contributed by atoms with Crippen molar-refractivity contribution in [2.45, 2.75) is 9.24 Å². The van der Waals surface area contributed by atoms with Gasteiger partial charge in [0.05, 0.1) is 9.13 Å². The molecule has 2 heterocycles. The highest BCUT2D eigenvalue weighted by molar-refractivity contribution is 8.01. The van der Waals surface area contributed by atoms with Crippen molar-refractivity contribution in [1.29, 1.82) is 0 Å². The van der Waals surface area contributed by atoms with E-state index in [2.05, 4.69) is 9.97 Å². The normalized spacial score (nSPS) is 10.3. The van der Waals surface area contributed by atoms with Crippen LogP contribution in [-0.2, 0) is 0 Å². The van der Waals surface area contributed by atoms with Crippen molar-refractivity contribution in [2.75, 3.05) is 0 Å². The molecule has 0 saturated heterocycles. The minimum absolute atomic E-state index is 0.00431. The van der Waals surface area contributed by atoms with Gasteiger partial charge >= 0.3 is 5.69 Å². The van der Waals surface area contributed by atoms with E-state index >= 15 is 0 Å². The van der Waals surface area contributed by atoms with Crippen LogP contribution in [0, 0.1) is 10.1 Å². The maximum Gasteiger partial charge on any atom is 0.319 e. The molecule has 0 saturated carbocycles. The molecule has 16 heavy (non-hydrogen) atoms. The lowest BCUT2D eigenvalue weighted by atomic mass is 10.6. The van der Waals surface area contributed by atoms with Crippen LogP contribution in [0.15, 0.2) is 32.9 Å². The standard InChI is InChI=1S/C8H4ClN3O2S2/c9-8-10-4-5(12(13)14)7(11-8)16-6-2-1-3-15-6/h1-4H. The summed E-state index contributed by atoms with van der Waals surface area (Å²) in [5, 5.41) is 12.9. The number of thiophene rings is 1. The van der Waals surface area contributed by atoms with Gasteiger partial charge in [-0.15, -0.1) is 11.3 Å². The van der Waals surface area contributed by atoms with Crippen LogP contribution < -0.4 is 0 Å². The SMILES string of the molecule is O=[N+]([O-])c1cnc(Cl)nc1Sc1cccs1. The van der Waals surface area contributed by atoms with Gasteiger partial charge in [0.15, 0.2) is 5.03 Å². The second-order valence-electron chi connectivity index (χ2n) is 2.62. The molecule has 0 fully saturated rings. The van der Waals surface area contributed by atoms with Crippen LogP contribution in [0.1, 0.15) is 0 Å². The highest BCUT2D eigenvalue weighted by Gasteiger charge is 2.18. The van der Waals surface area contributed by atoms with E-state index in [1.807, 2.05) is 17.5 Å². The zero-order valence-corrected chi connectivity index (χ0v) is 10.1. The molecular formula is C8H4ClN3O2S2. The number of nitrogens with zero attached hydrogens (tertiary/aromatic N) is 3. The first-order chi connectivity index (χ1) is 7.66. The molecule has 2 aromatic heterocycles. The summed E-state index contributed by atoms with van der Waals surface area (Å²) in [5.74, 6) is 0. The second-order valence-corrected chi connectivity index (χ2v) is 5.20. The number of aromatic nitrogens is 2. The molecule has 0 aliphatic carbocycles. The first-order valence-corrected chi connectivity index (χ1v) is 6.12. The summed E-state index contributed by atoms with van der Waals surface area (Å²) in [4.78, 5) is 17.7. The minimum atomic E-state index is -0.522. The van der Waals surface area contributed by atoms with Crippen LogP contribution >= 0.6 is 34.7 Å². The Bertz CT molecular complexity index is 518. The van der Waals surface area contributed by atoms with Crippen molar-refractivity contribution in [3.05, 3.63) is 39.1 Å². The highest BCUT2D eigenvalue weighted by Crippen LogP contribution is 2.35. The van der Waals surface area contributed by atoms with Crippen molar-refractivity contribution in [2.24, 2.45) is 0 Å². The summed E-state index contributed by atoms with van der Waals surface area (Å²) >= 11 is 8.29. The van der Waals surface area contributed by atoms with E-state index in [4.69, 9.17) is 11.6 Å². The van der Waals surface area contributed by atoms with Crippen molar-refractivity contribution in [1.82, 2.24) is 9.97 Å².